The third-order valence-electron chi connectivity index (χ3n) is 3.15. The monoisotopic (exact) mass is 205 g/mol. The molecule has 1 N–H and O–H groups in total. The molecule has 2 nitrogen and oxygen atoms in total. The molecule has 15 heavy (non-hydrogen) atoms. The minimum absolute atomic E-state index is 0.774. The second-order valence-electron chi connectivity index (χ2n) is 4.99. The van der Waals surface area contributed by atoms with E-state index in [0.29, 0.717) is 0 Å². The molecule has 2 rings (SSSR count). The summed E-state index contributed by atoms with van der Waals surface area (Å²) < 4.78 is 0. The van der Waals surface area contributed by atoms with Crippen molar-refractivity contribution in [3.63, 3.8) is 0 Å². The standard InChI is InChI=1S/C13H19NO/c1-9-11(13(2,3)15)8-10-6-4-5-7-12(10)14-9/h8,15H,4-7H2,1-3H3. The second-order valence-corrected chi connectivity index (χ2v) is 4.99. The Bertz CT molecular complexity index is 377. The Morgan fingerprint density at radius 3 is 2.60 bits per heavy atom. The molecule has 82 valence electrons. The number of fused-ring (bicyclic) bond motifs is 1. The number of hydrogen-bond donors (Lipinski definition) is 1. The average Bonchev–Trinajstić information content (AvgIpc) is 2.15. The maximum Gasteiger partial charge on any atom is 0.0858 e. The van der Waals surface area contributed by atoms with Crippen molar-refractivity contribution in [3.05, 3.63) is 28.6 Å². The Labute approximate surface area is 91.4 Å². The van der Waals surface area contributed by atoms with Crippen LogP contribution in [-0.2, 0) is 18.4 Å². The number of nitrogens with zero attached hydrogens (tertiary/aromatic N) is 1. The van der Waals surface area contributed by atoms with Crippen molar-refractivity contribution in [2.24, 2.45) is 0 Å². The summed E-state index contributed by atoms with van der Waals surface area (Å²) in [7, 11) is 0. The van der Waals surface area contributed by atoms with Crippen LogP contribution in [0.5, 0.6) is 0 Å². The fraction of sp³-hybridized carbons (Fsp3) is 0.615. The lowest BCUT2D eigenvalue weighted by Gasteiger charge is -2.24. The quantitative estimate of drug-likeness (QED) is 0.764. The van der Waals surface area contributed by atoms with Gasteiger partial charge in [0.25, 0.3) is 0 Å². The number of hydrogen-bond acceptors (Lipinski definition) is 2. The maximum absolute atomic E-state index is 10.0. The van der Waals surface area contributed by atoms with Crippen LogP contribution in [0.25, 0.3) is 0 Å². The van der Waals surface area contributed by atoms with E-state index < -0.39 is 5.60 Å². The highest BCUT2D eigenvalue weighted by atomic mass is 16.3. The van der Waals surface area contributed by atoms with Crippen LogP contribution in [0, 0.1) is 6.92 Å². The first-order chi connectivity index (χ1) is 6.98. The summed E-state index contributed by atoms with van der Waals surface area (Å²) >= 11 is 0. The van der Waals surface area contributed by atoms with Gasteiger partial charge >= 0.3 is 0 Å². The highest BCUT2D eigenvalue weighted by molar-refractivity contribution is 5.34. The van der Waals surface area contributed by atoms with Crippen molar-refractivity contribution in [3.8, 4) is 0 Å². The topological polar surface area (TPSA) is 33.1 Å². The van der Waals surface area contributed by atoms with Crippen LogP contribution < -0.4 is 0 Å². The largest absolute Gasteiger partial charge is 0.386 e. The summed E-state index contributed by atoms with van der Waals surface area (Å²) in [6, 6.07) is 2.15. The lowest BCUT2D eigenvalue weighted by molar-refractivity contribution is 0.0773. The van der Waals surface area contributed by atoms with Crippen LogP contribution >= 0.6 is 0 Å². The summed E-state index contributed by atoms with van der Waals surface area (Å²) in [6.45, 7) is 5.64. The molecule has 1 aliphatic carbocycles. The zero-order chi connectivity index (χ0) is 11.1. The van der Waals surface area contributed by atoms with Gasteiger partial charge in [0.05, 0.1) is 5.60 Å². The van der Waals surface area contributed by atoms with E-state index in [4.69, 9.17) is 0 Å². The minimum atomic E-state index is -0.774. The number of aryl methyl sites for hydroxylation is 3. The van der Waals surface area contributed by atoms with Gasteiger partial charge in [0, 0.05) is 17.0 Å². The molecule has 0 radical (unpaired) electrons. The van der Waals surface area contributed by atoms with Gasteiger partial charge in [0.15, 0.2) is 0 Å². The first-order valence-electron chi connectivity index (χ1n) is 5.71. The first kappa shape index (κ1) is 10.6. The van der Waals surface area contributed by atoms with Crippen LogP contribution in [0.1, 0.15) is 49.2 Å². The van der Waals surface area contributed by atoms with Gasteiger partial charge < -0.3 is 5.11 Å². The molecule has 1 aromatic rings. The Hall–Kier alpha value is -0.890. The van der Waals surface area contributed by atoms with Crippen LogP contribution in [-0.4, -0.2) is 10.1 Å². The second kappa shape index (κ2) is 3.60. The van der Waals surface area contributed by atoms with E-state index in [-0.39, 0.29) is 0 Å². The summed E-state index contributed by atoms with van der Waals surface area (Å²) in [5.41, 5.74) is 3.76. The maximum atomic E-state index is 10.0. The molecular formula is C13H19NO. The number of rotatable bonds is 1. The Morgan fingerprint density at radius 2 is 1.93 bits per heavy atom. The van der Waals surface area contributed by atoms with Gasteiger partial charge in [0.2, 0.25) is 0 Å². The molecule has 0 bridgehead atoms. The molecule has 0 saturated carbocycles. The molecule has 1 aliphatic rings. The highest BCUT2D eigenvalue weighted by Gasteiger charge is 2.22. The van der Waals surface area contributed by atoms with Crippen LogP contribution in [0.4, 0.5) is 0 Å². The molecule has 1 heterocycles. The van der Waals surface area contributed by atoms with Gasteiger partial charge in [-0.2, -0.15) is 0 Å². The normalized spacial score (nSPS) is 16.3. The van der Waals surface area contributed by atoms with E-state index in [1.807, 2.05) is 20.8 Å². The molecule has 0 spiro atoms. The number of pyridine rings is 1. The zero-order valence-corrected chi connectivity index (χ0v) is 9.80. The predicted octanol–water partition coefficient (Wildman–Crippen LogP) is 2.50. The van der Waals surface area contributed by atoms with Gasteiger partial charge in [0.1, 0.15) is 0 Å². The highest BCUT2D eigenvalue weighted by Crippen LogP contribution is 2.28. The molecule has 0 atom stereocenters. The van der Waals surface area contributed by atoms with E-state index in [2.05, 4.69) is 11.1 Å². The molecule has 0 aromatic carbocycles. The Kier molecular flexibility index (Phi) is 2.55. The summed E-state index contributed by atoms with van der Waals surface area (Å²) in [4.78, 5) is 4.62. The van der Waals surface area contributed by atoms with E-state index in [0.717, 1.165) is 24.1 Å². The van der Waals surface area contributed by atoms with Crippen molar-refractivity contribution >= 4 is 0 Å². The summed E-state index contributed by atoms with van der Waals surface area (Å²) in [5.74, 6) is 0. The van der Waals surface area contributed by atoms with Crippen molar-refractivity contribution in [2.45, 2.75) is 52.1 Å². The minimum Gasteiger partial charge on any atom is -0.386 e. The third kappa shape index (κ3) is 2.05. The van der Waals surface area contributed by atoms with Crippen molar-refractivity contribution in [2.75, 3.05) is 0 Å². The van der Waals surface area contributed by atoms with Gasteiger partial charge in [-0.15, -0.1) is 0 Å². The predicted molar refractivity (Wildman–Crippen MR) is 60.9 cm³/mol. The van der Waals surface area contributed by atoms with E-state index in [1.54, 1.807) is 0 Å². The number of aromatic nitrogens is 1. The molecule has 1 aromatic heterocycles. The molecule has 0 unspecified atom stereocenters. The van der Waals surface area contributed by atoms with Crippen LogP contribution in [0.3, 0.4) is 0 Å². The summed E-state index contributed by atoms with van der Waals surface area (Å²) in [6.07, 6.45) is 4.72. The van der Waals surface area contributed by atoms with Crippen molar-refractivity contribution < 1.29 is 5.11 Å². The third-order valence-corrected chi connectivity index (χ3v) is 3.15. The van der Waals surface area contributed by atoms with Gasteiger partial charge in [-0.25, -0.2) is 0 Å². The van der Waals surface area contributed by atoms with Gasteiger partial charge in [-0.05, 0) is 58.1 Å². The lowest BCUT2D eigenvalue weighted by atomic mass is 9.89. The fourth-order valence-electron chi connectivity index (χ4n) is 2.36. The van der Waals surface area contributed by atoms with Crippen LogP contribution in [0.15, 0.2) is 6.07 Å². The average molecular weight is 205 g/mol. The number of aliphatic hydroxyl groups is 1. The fourth-order valence-corrected chi connectivity index (χ4v) is 2.36. The van der Waals surface area contributed by atoms with Crippen molar-refractivity contribution in [1.29, 1.82) is 0 Å². The van der Waals surface area contributed by atoms with Gasteiger partial charge in [-0.1, -0.05) is 0 Å². The lowest BCUT2D eigenvalue weighted by Crippen LogP contribution is -2.20. The molecule has 2 heteroatoms. The molecule has 0 saturated heterocycles. The molecule has 0 amide bonds. The van der Waals surface area contributed by atoms with Crippen LogP contribution in [0.2, 0.25) is 0 Å². The summed E-state index contributed by atoms with van der Waals surface area (Å²) in [5, 5.41) is 10.0. The first-order valence-corrected chi connectivity index (χ1v) is 5.71. The smallest absolute Gasteiger partial charge is 0.0858 e. The Morgan fingerprint density at radius 1 is 1.27 bits per heavy atom. The molecular weight excluding hydrogens is 186 g/mol. The van der Waals surface area contributed by atoms with E-state index in [1.165, 1.54) is 24.1 Å². The van der Waals surface area contributed by atoms with E-state index in [9.17, 15) is 5.11 Å². The van der Waals surface area contributed by atoms with E-state index >= 15 is 0 Å². The molecule has 0 aliphatic heterocycles. The molecule has 0 fully saturated rings. The zero-order valence-electron chi connectivity index (χ0n) is 9.80. The SMILES string of the molecule is Cc1nc2c(cc1C(C)(C)O)CCCC2. The Balaban J connectivity index is 2.50. The van der Waals surface area contributed by atoms with Crippen molar-refractivity contribution in [1.82, 2.24) is 4.98 Å². The van der Waals surface area contributed by atoms with Gasteiger partial charge in [-0.3, -0.25) is 4.98 Å².